The molecule has 0 aliphatic rings. The average molecular weight is 326 g/mol. The number of halogens is 5. The number of rotatable bonds is 6. The van der Waals surface area contributed by atoms with Crippen LogP contribution in [0.1, 0.15) is 26.7 Å². The van der Waals surface area contributed by atoms with Crippen molar-refractivity contribution >= 4 is 13.5 Å². The Hall–Kier alpha value is -0.953. The Morgan fingerprint density at radius 3 is 1.71 bits per heavy atom. The van der Waals surface area contributed by atoms with Crippen molar-refractivity contribution in [2.24, 2.45) is 5.92 Å². The van der Waals surface area contributed by atoms with Gasteiger partial charge < -0.3 is 4.43 Å². The molecule has 0 aliphatic carbocycles. The lowest BCUT2D eigenvalue weighted by molar-refractivity contribution is 0.292. The van der Waals surface area contributed by atoms with Crippen molar-refractivity contribution in [1.82, 2.24) is 0 Å². The van der Waals surface area contributed by atoms with Gasteiger partial charge in [-0.1, -0.05) is 13.8 Å². The molecule has 0 atom stereocenters. The zero-order chi connectivity index (χ0) is 16.4. The van der Waals surface area contributed by atoms with Gasteiger partial charge in [0.15, 0.2) is 23.3 Å². The van der Waals surface area contributed by atoms with E-state index >= 15 is 0 Å². The van der Waals surface area contributed by atoms with E-state index in [1.807, 2.05) is 13.8 Å². The molecule has 0 aromatic heterocycles. The topological polar surface area (TPSA) is 9.23 Å². The fourth-order valence-electron chi connectivity index (χ4n) is 2.02. The summed E-state index contributed by atoms with van der Waals surface area (Å²) in [6, 6.07) is 0. The largest absolute Gasteiger partial charge is 0.413 e. The number of hydrogen-bond donors (Lipinski definition) is 0. The third-order valence-corrected chi connectivity index (χ3v) is 5.77. The summed E-state index contributed by atoms with van der Waals surface area (Å²) in [4.78, 5) is 0. The van der Waals surface area contributed by atoms with E-state index in [-0.39, 0.29) is 6.61 Å². The molecule has 1 aromatic rings. The zero-order valence-corrected chi connectivity index (χ0v) is 13.5. The van der Waals surface area contributed by atoms with Crippen LogP contribution in [-0.4, -0.2) is 14.9 Å². The van der Waals surface area contributed by atoms with E-state index in [0.717, 1.165) is 6.42 Å². The van der Waals surface area contributed by atoms with Crippen LogP contribution in [0.25, 0.3) is 0 Å². The van der Waals surface area contributed by atoms with E-state index in [9.17, 15) is 22.0 Å². The lowest BCUT2D eigenvalue weighted by Gasteiger charge is -2.25. The molecule has 0 saturated heterocycles. The van der Waals surface area contributed by atoms with Crippen LogP contribution in [0.5, 0.6) is 0 Å². The van der Waals surface area contributed by atoms with Crippen molar-refractivity contribution in [2.45, 2.75) is 39.8 Å². The third-order valence-electron chi connectivity index (χ3n) is 3.20. The monoisotopic (exact) mass is 326 g/mol. The minimum absolute atomic E-state index is 0.233. The fraction of sp³-hybridized carbons (Fsp3) is 0.571. The molecular formula is C14H19F5OSi. The van der Waals surface area contributed by atoms with Crippen LogP contribution in [0.4, 0.5) is 22.0 Å². The van der Waals surface area contributed by atoms with Gasteiger partial charge >= 0.3 is 0 Å². The highest BCUT2D eigenvalue weighted by Gasteiger charge is 2.37. The van der Waals surface area contributed by atoms with Gasteiger partial charge in [-0.3, -0.25) is 0 Å². The van der Waals surface area contributed by atoms with Gasteiger partial charge in [0.05, 0.1) is 0 Å². The molecular weight excluding hydrogens is 307 g/mol. The predicted octanol–water partition coefficient (Wildman–Crippen LogP) is 4.25. The van der Waals surface area contributed by atoms with E-state index in [2.05, 4.69) is 0 Å². The van der Waals surface area contributed by atoms with Crippen molar-refractivity contribution in [1.29, 1.82) is 0 Å². The lowest BCUT2D eigenvalue weighted by atomic mass is 10.1. The summed E-state index contributed by atoms with van der Waals surface area (Å²) in [7, 11) is -3.22. The molecule has 0 aliphatic heterocycles. The first-order chi connectivity index (χ1) is 9.59. The first-order valence-corrected chi connectivity index (χ1v) is 9.66. The summed E-state index contributed by atoms with van der Waals surface area (Å²) in [5.41, 5.74) is 0. The zero-order valence-electron chi connectivity index (χ0n) is 12.5. The maximum atomic E-state index is 13.8. The molecule has 0 fully saturated rings. The van der Waals surface area contributed by atoms with Gasteiger partial charge in [0, 0.05) is 11.8 Å². The van der Waals surface area contributed by atoms with Crippen molar-refractivity contribution in [3.05, 3.63) is 29.1 Å². The van der Waals surface area contributed by atoms with Crippen LogP contribution < -0.4 is 5.19 Å². The third kappa shape index (κ3) is 4.03. The molecule has 1 rings (SSSR count). The molecule has 1 aromatic carbocycles. The Bertz CT molecular complexity index is 488. The van der Waals surface area contributed by atoms with Gasteiger partial charge in [0.25, 0.3) is 0 Å². The highest BCUT2D eigenvalue weighted by molar-refractivity contribution is 6.84. The van der Waals surface area contributed by atoms with Crippen molar-refractivity contribution in [2.75, 3.05) is 6.61 Å². The normalized spacial score (nSPS) is 12.3. The lowest BCUT2D eigenvalue weighted by Crippen LogP contribution is -2.50. The van der Waals surface area contributed by atoms with Gasteiger partial charge in [-0.15, -0.1) is 0 Å². The van der Waals surface area contributed by atoms with Gasteiger partial charge in [0.1, 0.15) is 0 Å². The Balaban J connectivity index is 3.03. The Kier molecular flexibility index (Phi) is 5.92. The molecule has 0 radical (unpaired) electrons. The van der Waals surface area contributed by atoms with Crippen LogP contribution in [0.15, 0.2) is 0 Å². The second kappa shape index (κ2) is 6.87. The van der Waals surface area contributed by atoms with Crippen LogP contribution in [0.2, 0.25) is 13.1 Å². The molecule has 120 valence electrons. The first-order valence-electron chi connectivity index (χ1n) is 6.75. The molecule has 0 unspecified atom stereocenters. The van der Waals surface area contributed by atoms with Gasteiger partial charge in [0.2, 0.25) is 14.1 Å². The summed E-state index contributed by atoms with van der Waals surface area (Å²) in [6.07, 6.45) is 1.53. The Morgan fingerprint density at radius 1 is 0.857 bits per heavy atom. The molecule has 0 spiro atoms. The molecule has 0 saturated carbocycles. The van der Waals surface area contributed by atoms with E-state index in [4.69, 9.17) is 4.43 Å². The number of hydrogen-bond acceptors (Lipinski definition) is 1. The molecule has 1 nitrogen and oxygen atoms in total. The summed E-state index contributed by atoms with van der Waals surface area (Å²) in [5.74, 6) is -9.10. The van der Waals surface area contributed by atoms with E-state index in [0.29, 0.717) is 12.3 Å². The van der Waals surface area contributed by atoms with Gasteiger partial charge in [-0.05, 0) is 31.9 Å². The number of benzene rings is 1. The predicted molar refractivity (Wildman–Crippen MR) is 73.4 cm³/mol. The fourth-order valence-corrected chi connectivity index (χ4v) is 4.10. The second-order valence-corrected chi connectivity index (χ2v) is 9.65. The van der Waals surface area contributed by atoms with Crippen LogP contribution >= 0.6 is 0 Å². The van der Waals surface area contributed by atoms with E-state index in [1.165, 1.54) is 13.1 Å². The van der Waals surface area contributed by atoms with E-state index < -0.39 is 42.6 Å². The summed E-state index contributed by atoms with van der Waals surface area (Å²) in [6.45, 7) is 7.11. The maximum absolute atomic E-state index is 13.8. The molecule has 0 amide bonds. The average Bonchev–Trinajstić information content (AvgIpc) is 2.39. The van der Waals surface area contributed by atoms with E-state index in [1.54, 1.807) is 0 Å². The minimum atomic E-state index is -3.22. The summed E-state index contributed by atoms with van der Waals surface area (Å²) in [5, 5.41) is -0.802. The van der Waals surface area contributed by atoms with Crippen molar-refractivity contribution < 1.29 is 26.4 Å². The molecule has 0 bridgehead atoms. The highest BCUT2D eigenvalue weighted by Crippen LogP contribution is 2.20. The minimum Gasteiger partial charge on any atom is -0.413 e. The second-order valence-electron chi connectivity index (χ2n) is 5.84. The quantitative estimate of drug-likeness (QED) is 0.250. The van der Waals surface area contributed by atoms with Crippen LogP contribution in [0, 0.1) is 35.0 Å². The Morgan fingerprint density at radius 2 is 1.29 bits per heavy atom. The standard InChI is InChI=1S/C14H19F5OSi/c1-8(2)6-5-7-20-21(3,4)14-12(18)10(16)9(15)11(17)13(14)19/h8H,5-7H2,1-4H3. The summed E-state index contributed by atoms with van der Waals surface area (Å²) >= 11 is 0. The van der Waals surface area contributed by atoms with Crippen molar-refractivity contribution in [3.8, 4) is 0 Å². The highest BCUT2D eigenvalue weighted by atomic mass is 28.4. The summed E-state index contributed by atoms with van der Waals surface area (Å²) < 4.78 is 72.5. The van der Waals surface area contributed by atoms with Gasteiger partial charge in [-0.2, -0.15) is 0 Å². The Labute approximate surface area is 122 Å². The van der Waals surface area contributed by atoms with Crippen LogP contribution in [-0.2, 0) is 4.43 Å². The SMILES string of the molecule is CC(C)CCCO[Si](C)(C)c1c(F)c(F)c(F)c(F)c1F. The van der Waals surface area contributed by atoms with Crippen LogP contribution in [0.3, 0.4) is 0 Å². The maximum Gasteiger partial charge on any atom is 0.224 e. The smallest absolute Gasteiger partial charge is 0.224 e. The molecule has 0 N–H and O–H groups in total. The molecule has 7 heteroatoms. The first kappa shape index (κ1) is 18.1. The molecule has 21 heavy (non-hydrogen) atoms. The molecule has 0 heterocycles. The van der Waals surface area contributed by atoms with Gasteiger partial charge in [-0.25, -0.2) is 22.0 Å². The van der Waals surface area contributed by atoms with Crippen molar-refractivity contribution in [3.63, 3.8) is 0 Å².